The molecule has 2 nitrogen and oxygen atoms in total. The first kappa shape index (κ1) is 5.09. The van der Waals surface area contributed by atoms with Gasteiger partial charge < -0.3 is 0 Å². The van der Waals surface area contributed by atoms with Crippen molar-refractivity contribution < 1.29 is 4.18 Å². The van der Waals surface area contributed by atoms with Crippen LogP contribution in [0.2, 0.25) is 0 Å². The molecule has 0 aromatic carbocycles. The van der Waals surface area contributed by atoms with Gasteiger partial charge in [0, 0.05) is 12.6 Å². The quantitative estimate of drug-likeness (QED) is 0.360. The van der Waals surface area contributed by atoms with Gasteiger partial charge in [0.1, 0.15) is 0 Å². The SMILES string of the molecule is C1C[C@H]2COSN2C1. The van der Waals surface area contributed by atoms with Crippen LogP contribution in [0.15, 0.2) is 0 Å². The zero-order chi connectivity index (χ0) is 5.40. The van der Waals surface area contributed by atoms with Crippen LogP contribution in [0.5, 0.6) is 0 Å². The van der Waals surface area contributed by atoms with Crippen molar-refractivity contribution in [3.05, 3.63) is 0 Å². The summed E-state index contributed by atoms with van der Waals surface area (Å²) in [5.41, 5.74) is 0. The molecule has 0 aromatic rings. The van der Waals surface area contributed by atoms with E-state index in [1.165, 1.54) is 19.4 Å². The van der Waals surface area contributed by atoms with Crippen molar-refractivity contribution >= 4 is 12.2 Å². The van der Waals surface area contributed by atoms with Gasteiger partial charge >= 0.3 is 0 Å². The van der Waals surface area contributed by atoms with Crippen LogP contribution in [-0.4, -0.2) is 23.5 Å². The first-order valence-electron chi connectivity index (χ1n) is 3.03. The third kappa shape index (κ3) is 0.658. The first-order valence-corrected chi connectivity index (χ1v) is 3.73. The zero-order valence-corrected chi connectivity index (χ0v) is 5.49. The van der Waals surface area contributed by atoms with Gasteiger partial charge in [0.2, 0.25) is 0 Å². The predicted molar refractivity (Wildman–Crippen MR) is 33.3 cm³/mol. The van der Waals surface area contributed by atoms with Crippen molar-refractivity contribution in [2.45, 2.75) is 18.9 Å². The number of nitrogens with zero attached hydrogens (tertiary/aromatic N) is 1. The zero-order valence-electron chi connectivity index (χ0n) is 4.67. The molecule has 0 unspecified atom stereocenters. The minimum Gasteiger partial charge on any atom is -0.299 e. The lowest BCUT2D eigenvalue weighted by Crippen LogP contribution is -2.17. The highest BCUT2D eigenvalue weighted by Crippen LogP contribution is 2.32. The third-order valence-electron chi connectivity index (χ3n) is 1.73. The van der Waals surface area contributed by atoms with Gasteiger partial charge in [-0.3, -0.25) is 4.18 Å². The van der Waals surface area contributed by atoms with E-state index in [0.717, 1.165) is 12.6 Å². The second-order valence-electron chi connectivity index (χ2n) is 2.30. The van der Waals surface area contributed by atoms with Crippen molar-refractivity contribution in [1.29, 1.82) is 0 Å². The number of hydrogen-bond acceptors (Lipinski definition) is 3. The Kier molecular flexibility index (Phi) is 1.21. The summed E-state index contributed by atoms with van der Waals surface area (Å²) in [4.78, 5) is 0. The van der Waals surface area contributed by atoms with Gasteiger partial charge in [-0.25, -0.2) is 4.31 Å². The van der Waals surface area contributed by atoms with Crippen LogP contribution in [0.25, 0.3) is 0 Å². The fourth-order valence-electron chi connectivity index (χ4n) is 1.25. The fourth-order valence-corrected chi connectivity index (χ4v) is 2.10. The first-order chi connectivity index (χ1) is 3.97. The second-order valence-corrected chi connectivity index (χ2v) is 3.15. The fraction of sp³-hybridized carbons (Fsp3) is 1.00. The molecule has 2 rings (SSSR count). The average molecular weight is 131 g/mol. The van der Waals surface area contributed by atoms with Crippen LogP contribution in [0, 0.1) is 0 Å². The number of fused-ring (bicyclic) bond motifs is 1. The van der Waals surface area contributed by atoms with Crippen LogP contribution in [0.1, 0.15) is 12.8 Å². The second kappa shape index (κ2) is 1.90. The molecule has 0 spiro atoms. The number of rotatable bonds is 0. The molecule has 2 fully saturated rings. The molecule has 2 saturated heterocycles. The third-order valence-corrected chi connectivity index (χ3v) is 2.65. The summed E-state index contributed by atoms with van der Waals surface area (Å²) in [6.45, 7) is 2.18. The van der Waals surface area contributed by atoms with Crippen molar-refractivity contribution in [1.82, 2.24) is 4.31 Å². The van der Waals surface area contributed by atoms with E-state index in [4.69, 9.17) is 4.18 Å². The minimum atomic E-state index is 0.750. The molecular weight excluding hydrogens is 122 g/mol. The molecule has 0 aromatic heterocycles. The Morgan fingerprint density at radius 1 is 1.62 bits per heavy atom. The molecule has 8 heavy (non-hydrogen) atoms. The van der Waals surface area contributed by atoms with Gasteiger partial charge in [0.15, 0.2) is 0 Å². The van der Waals surface area contributed by atoms with Gasteiger partial charge in [0.05, 0.1) is 18.8 Å². The average Bonchev–Trinajstić information content (AvgIpc) is 2.15. The van der Waals surface area contributed by atoms with E-state index in [2.05, 4.69) is 4.31 Å². The highest BCUT2D eigenvalue weighted by molar-refractivity contribution is 7.92. The molecule has 2 heterocycles. The molecule has 0 bridgehead atoms. The lowest BCUT2D eigenvalue weighted by Gasteiger charge is -2.06. The van der Waals surface area contributed by atoms with Crippen LogP contribution in [0.4, 0.5) is 0 Å². The van der Waals surface area contributed by atoms with Crippen LogP contribution in [-0.2, 0) is 4.18 Å². The smallest absolute Gasteiger partial charge is 0.0823 e. The van der Waals surface area contributed by atoms with E-state index < -0.39 is 0 Å². The summed E-state index contributed by atoms with van der Waals surface area (Å²) in [6, 6.07) is 0.750. The maximum Gasteiger partial charge on any atom is 0.0823 e. The van der Waals surface area contributed by atoms with E-state index in [1.54, 1.807) is 12.2 Å². The number of hydrogen-bond donors (Lipinski definition) is 0. The van der Waals surface area contributed by atoms with Crippen molar-refractivity contribution in [2.75, 3.05) is 13.2 Å². The van der Waals surface area contributed by atoms with E-state index in [1.807, 2.05) is 0 Å². The molecule has 2 aliphatic rings. The molecule has 0 saturated carbocycles. The maximum absolute atomic E-state index is 5.15. The Labute approximate surface area is 53.5 Å². The standard InChI is InChI=1S/C5H9NOS/c1-2-5-4-7-8-6(5)3-1/h5H,1-4H2/t5-/m0/s1. The van der Waals surface area contributed by atoms with E-state index >= 15 is 0 Å². The summed E-state index contributed by atoms with van der Waals surface area (Å²) < 4.78 is 7.49. The van der Waals surface area contributed by atoms with E-state index in [0.29, 0.717) is 0 Å². The van der Waals surface area contributed by atoms with Crippen molar-refractivity contribution in [3.63, 3.8) is 0 Å². The largest absolute Gasteiger partial charge is 0.299 e. The van der Waals surface area contributed by atoms with Gasteiger partial charge in [-0.05, 0) is 12.8 Å². The molecular formula is C5H9NOS. The lowest BCUT2D eigenvalue weighted by molar-refractivity contribution is 0.345. The van der Waals surface area contributed by atoms with Crippen LogP contribution >= 0.6 is 12.2 Å². The summed E-state index contributed by atoms with van der Waals surface area (Å²) >= 11 is 1.55. The molecule has 2 aliphatic heterocycles. The summed E-state index contributed by atoms with van der Waals surface area (Å²) in [5, 5.41) is 0. The molecule has 0 radical (unpaired) electrons. The molecule has 1 atom stereocenters. The molecule has 0 aliphatic carbocycles. The summed E-state index contributed by atoms with van der Waals surface area (Å²) in [6.07, 6.45) is 2.70. The predicted octanol–water partition coefficient (Wildman–Crippen LogP) is 1.04. The minimum absolute atomic E-state index is 0.750. The Morgan fingerprint density at radius 3 is 3.50 bits per heavy atom. The van der Waals surface area contributed by atoms with Gasteiger partial charge in [-0.1, -0.05) is 0 Å². The Morgan fingerprint density at radius 2 is 2.62 bits per heavy atom. The van der Waals surface area contributed by atoms with Gasteiger partial charge in [0.25, 0.3) is 0 Å². The van der Waals surface area contributed by atoms with Gasteiger partial charge in [-0.15, -0.1) is 0 Å². The highest BCUT2D eigenvalue weighted by atomic mass is 32.2. The maximum atomic E-state index is 5.15. The highest BCUT2D eigenvalue weighted by Gasteiger charge is 2.30. The monoisotopic (exact) mass is 131 g/mol. The van der Waals surface area contributed by atoms with E-state index in [9.17, 15) is 0 Å². The van der Waals surface area contributed by atoms with Gasteiger partial charge in [-0.2, -0.15) is 0 Å². The summed E-state index contributed by atoms with van der Waals surface area (Å²) in [5.74, 6) is 0. The van der Waals surface area contributed by atoms with Crippen molar-refractivity contribution in [3.8, 4) is 0 Å². The normalized spacial score (nSPS) is 38.2. The Hall–Kier alpha value is 0.270. The van der Waals surface area contributed by atoms with Crippen molar-refractivity contribution in [2.24, 2.45) is 0 Å². The Bertz CT molecular complexity index is 78.4. The van der Waals surface area contributed by atoms with E-state index in [-0.39, 0.29) is 0 Å². The lowest BCUT2D eigenvalue weighted by atomic mass is 10.2. The molecule has 46 valence electrons. The van der Waals surface area contributed by atoms with Crippen LogP contribution in [0.3, 0.4) is 0 Å². The van der Waals surface area contributed by atoms with Crippen LogP contribution < -0.4 is 0 Å². The molecule has 3 heteroatoms. The Balaban J connectivity index is 2.04. The summed E-state index contributed by atoms with van der Waals surface area (Å²) in [7, 11) is 0. The molecule has 0 amide bonds. The molecule has 0 N–H and O–H groups in total. The topological polar surface area (TPSA) is 12.5 Å².